The first-order valence-corrected chi connectivity index (χ1v) is 3.10. The SMILES string of the molecule is CC(C)(N)COC(=O)CN. The van der Waals surface area contributed by atoms with E-state index in [2.05, 4.69) is 4.74 Å². The lowest BCUT2D eigenvalue weighted by Crippen LogP contribution is -2.39. The van der Waals surface area contributed by atoms with Gasteiger partial charge in [0.1, 0.15) is 6.61 Å². The maximum atomic E-state index is 10.5. The summed E-state index contributed by atoms with van der Waals surface area (Å²) in [5, 5.41) is 0. The fourth-order valence-electron chi connectivity index (χ4n) is 0.325. The molecule has 0 aliphatic heterocycles. The molecule has 10 heavy (non-hydrogen) atoms. The fourth-order valence-corrected chi connectivity index (χ4v) is 0.325. The Bertz CT molecular complexity index is 117. The van der Waals surface area contributed by atoms with Crippen molar-refractivity contribution in [2.24, 2.45) is 11.5 Å². The summed E-state index contributed by atoms with van der Waals surface area (Å²) in [4.78, 5) is 10.5. The third-order valence-corrected chi connectivity index (χ3v) is 0.772. The van der Waals surface area contributed by atoms with Gasteiger partial charge in [0.05, 0.1) is 6.54 Å². The normalized spacial score (nSPS) is 11.2. The number of ether oxygens (including phenoxy) is 1. The molecule has 0 saturated heterocycles. The van der Waals surface area contributed by atoms with Crippen molar-refractivity contribution in [3.05, 3.63) is 0 Å². The number of carbonyl (C=O) groups excluding carboxylic acids is 1. The van der Waals surface area contributed by atoms with Crippen molar-refractivity contribution < 1.29 is 9.53 Å². The monoisotopic (exact) mass is 146 g/mol. The second kappa shape index (κ2) is 3.53. The summed E-state index contributed by atoms with van der Waals surface area (Å²) >= 11 is 0. The molecule has 0 rings (SSSR count). The van der Waals surface area contributed by atoms with Crippen molar-refractivity contribution in [3.8, 4) is 0 Å². The van der Waals surface area contributed by atoms with Crippen molar-refractivity contribution in [2.45, 2.75) is 19.4 Å². The van der Waals surface area contributed by atoms with Gasteiger partial charge >= 0.3 is 5.97 Å². The highest BCUT2D eigenvalue weighted by Gasteiger charge is 2.12. The van der Waals surface area contributed by atoms with Crippen molar-refractivity contribution in [3.63, 3.8) is 0 Å². The van der Waals surface area contributed by atoms with Crippen LogP contribution in [-0.2, 0) is 9.53 Å². The molecular weight excluding hydrogens is 132 g/mol. The second-order valence-corrected chi connectivity index (χ2v) is 2.85. The molecule has 0 amide bonds. The van der Waals surface area contributed by atoms with Crippen molar-refractivity contribution in [1.82, 2.24) is 0 Å². The first-order valence-electron chi connectivity index (χ1n) is 3.10. The van der Waals surface area contributed by atoms with Crippen LogP contribution in [-0.4, -0.2) is 24.7 Å². The first-order chi connectivity index (χ1) is 4.45. The highest BCUT2D eigenvalue weighted by molar-refractivity contribution is 5.71. The molecule has 0 radical (unpaired) electrons. The Hall–Kier alpha value is -0.610. The van der Waals surface area contributed by atoms with Crippen LogP contribution < -0.4 is 11.5 Å². The van der Waals surface area contributed by atoms with Gasteiger partial charge < -0.3 is 16.2 Å². The topological polar surface area (TPSA) is 78.3 Å². The molecule has 0 aromatic heterocycles. The standard InChI is InChI=1S/C6H14N2O2/c1-6(2,8)4-10-5(9)3-7/h3-4,7-8H2,1-2H3. The quantitative estimate of drug-likeness (QED) is 0.512. The number of nitrogens with two attached hydrogens (primary N) is 2. The molecule has 0 aromatic carbocycles. The minimum Gasteiger partial charge on any atom is -0.463 e. The summed E-state index contributed by atoms with van der Waals surface area (Å²) in [7, 11) is 0. The Morgan fingerprint density at radius 3 is 2.40 bits per heavy atom. The van der Waals surface area contributed by atoms with Gasteiger partial charge in [0.15, 0.2) is 0 Å². The van der Waals surface area contributed by atoms with Gasteiger partial charge in [0, 0.05) is 5.54 Å². The van der Waals surface area contributed by atoms with E-state index in [1.54, 1.807) is 13.8 Å². The van der Waals surface area contributed by atoms with Crippen LogP contribution in [0.2, 0.25) is 0 Å². The average molecular weight is 146 g/mol. The predicted molar refractivity (Wildman–Crippen MR) is 38.3 cm³/mol. The van der Waals surface area contributed by atoms with Gasteiger partial charge in [0.2, 0.25) is 0 Å². The second-order valence-electron chi connectivity index (χ2n) is 2.85. The molecule has 0 unspecified atom stereocenters. The predicted octanol–water partition coefficient (Wildman–Crippen LogP) is -0.774. The van der Waals surface area contributed by atoms with Gasteiger partial charge in [-0.2, -0.15) is 0 Å². The molecule has 4 heteroatoms. The summed E-state index contributed by atoms with van der Waals surface area (Å²) in [5.74, 6) is -0.418. The van der Waals surface area contributed by atoms with Gasteiger partial charge in [-0.25, -0.2) is 0 Å². The minimum absolute atomic E-state index is 0.0872. The highest BCUT2D eigenvalue weighted by atomic mass is 16.5. The number of hydrogen-bond donors (Lipinski definition) is 2. The first kappa shape index (κ1) is 9.39. The van der Waals surface area contributed by atoms with Gasteiger partial charge in [0.25, 0.3) is 0 Å². The highest BCUT2D eigenvalue weighted by Crippen LogP contribution is 1.96. The summed E-state index contributed by atoms with van der Waals surface area (Å²) in [5.41, 5.74) is 10.0. The Morgan fingerprint density at radius 2 is 2.10 bits per heavy atom. The Labute approximate surface area is 60.5 Å². The van der Waals surface area contributed by atoms with Crippen LogP contribution in [0, 0.1) is 0 Å². The largest absolute Gasteiger partial charge is 0.463 e. The van der Waals surface area contributed by atoms with E-state index in [1.807, 2.05) is 0 Å². The molecule has 4 nitrogen and oxygen atoms in total. The van der Waals surface area contributed by atoms with Crippen LogP contribution in [0.1, 0.15) is 13.8 Å². The molecule has 4 N–H and O–H groups in total. The van der Waals surface area contributed by atoms with Gasteiger partial charge in [-0.3, -0.25) is 4.79 Å². The summed E-state index contributed by atoms with van der Waals surface area (Å²) in [6.07, 6.45) is 0. The fraction of sp³-hybridized carbons (Fsp3) is 0.833. The van der Waals surface area contributed by atoms with Crippen LogP contribution in [0.15, 0.2) is 0 Å². The van der Waals surface area contributed by atoms with Crippen LogP contribution in [0.5, 0.6) is 0 Å². The molecule has 0 fully saturated rings. The van der Waals surface area contributed by atoms with E-state index >= 15 is 0 Å². The summed E-state index contributed by atoms with van der Waals surface area (Å²) in [6, 6.07) is 0. The lowest BCUT2D eigenvalue weighted by atomic mass is 10.1. The van der Waals surface area contributed by atoms with Gasteiger partial charge in [-0.1, -0.05) is 0 Å². The van der Waals surface area contributed by atoms with Gasteiger partial charge in [-0.05, 0) is 13.8 Å². The number of rotatable bonds is 3. The van der Waals surface area contributed by atoms with Crippen LogP contribution in [0.25, 0.3) is 0 Å². The number of carbonyl (C=O) groups is 1. The summed E-state index contributed by atoms with van der Waals surface area (Å²) in [6.45, 7) is 3.67. The maximum absolute atomic E-state index is 10.5. The molecule has 0 aromatic rings. The molecule has 0 spiro atoms. The van der Waals surface area contributed by atoms with Crippen LogP contribution >= 0.6 is 0 Å². The number of esters is 1. The Morgan fingerprint density at radius 1 is 1.60 bits per heavy atom. The van der Waals surface area contributed by atoms with E-state index in [0.29, 0.717) is 0 Å². The lowest BCUT2D eigenvalue weighted by Gasteiger charge is -2.17. The zero-order valence-electron chi connectivity index (χ0n) is 6.39. The van der Waals surface area contributed by atoms with Crippen molar-refractivity contribution >= 4 is 5.97 Å². The minimum atomic E-state index is -0.467. The van der Waals surface area contributed by atoms with E-state index in [9.17, 15) is 4.79 Å². The third-order valence-electron chi connectivity index (χ3n) is 0.772. The molecule has 0 heterocycles. The van der Waals surface area contributed by atoms with E-state index in [-0.39, 0.29) is 13.2 Å². The molecule has 0 bridgehead atoms. The smallest absolute Gasteiger partial charge is 0.319 e. The summed E-state index contributed by atoms with van der Waals surface area (Å²) < 4.78 is 4.67. The molecule has 0 aliphatic carbocycles. The third kappa shape index (κ3) is 5.53. The maximum Gasteiger partial charge on any atom is 0.319 e. The van der Waals surface area contributed by atoms with E-state index in [4.69, 9.17) is 11.5 Å². The van der Waals surface area contributed by atoms with Crippen molar-refractivity contribution in [1.29, 1.82) is 0 Å². The Balaban J connectivity index is 3.46. The number of hydrogen-bond acceptors (Lipinski definition) is 4. The lowest BCUT2D eigenvalue weighted by molar-refractivity contribution is -0.143. The van der Waals surface area contributed by atoms with E-state index < -0.39 is 11.5 Å². The van der Waals surface area contributed by atoms with Crippen LogP contribution in [0.4, 0.5) is 0 Å². The molecule has 0 atom stereocenters. The van der Waals surface area contributed by atoms with Crippen molar-refractivity contribution in [2.75, 3.05) is 13.2 Å². The van der Waals surface area contributed by atoms with Crippen LogP contribution in [0.3, 0.4) is 0 Å². The molecule has 0 saturated carbocycles. The zero-order valence-corrected chi connectivity index (χ0v) is 6.39. The zero-order chi connectivity index (χ0) is 8.20. The van der Waals surface area contributed by atoms with Gasteiger partial charge in [-0.15, -0.1) is 0 Å². The average Bonchev–Trinajstić information content (AvgIpc) is 1.81. The molecular formula is C6H14N2O2. The Kier molecular flexibility index (Phi) is 3.32. The molecule has 60 valence electrons. The molecule has 0 aliphatic rings. The van der Waals surface area contributed by atoms with E-state index in [0.717, 1.165) is 0 Å². The van der Waals surface area contributed by atoms with E-state index in [1.165, 1.54) is 0 Å².